The molecule has 0 radical (unpaired) electrons. The second kappa shape index (κ2) is 8.40. The van der Waals surface area contributed by atoms with E-state index in [9.17, 15) is 0 Å². The Bertz CT molecular complexity index is 2680. The van der Waals surface area contributed by atoms with Crippen LogP contribution in [-0.2, 0) is 0 Å². The Kier molecular flexibility index (Phi) is 4.48. The van der Waals surface area contributed by atoms with Gasteiger partial charge in [0.2, 0.25) is 0 Å². The molecule has 0 unspecified atom stereocenters. The maximum Gasteiger partial charge on any atom is 0.137 e. The molecule has 43 heavy (non-hydrogen) atoms. The largest absolute Gasteiger partial charge is 0.306 e. The lowest BCUT2D eigenvalue weighted by Gasteiger charge is -2.18. The van der Waals surface area contributed by atoms with E-state index in [2.05, 4.69) is 126 Å². The van der Waals surface area contributed by atoms with Gasteiger partial charge in [-0.2, -0.15) is 0 Å². The van der Waals surface area contributed by atoms with Crippen molar-refractivity contribution >= 4 is 70.3 Å². The standard InChI is InChI=1S/C41H24N2/c1-2-22-43-24-36(42-37(43)15-1)26-18-16-25(17-19-26)35-23-29-9-5-12-31-30-10-3-7-27-20-21-28-8-4-11-32(39(28)38(27)30)33-13-6-14-34(35)41(33)40(29)31/h1-24H. The fourth-order valence-electron chi connectivity index (χ4n) is 7.44. The summed E-state index contributed by atoms with van der Waals surface area (Å²) in [6.07, 6.45) is 4.14. The van der Waals surface area contributed by atoms with E-state index < -0.39 is 0 Å². The van der Waals surface area contributed by atoms with Gasteiger partial charge in [0, 0.05) is 18.0 Å². The highest BCUT2D eigenvalue weighted by Crippen LogP contribution is 2.45. The molecule has 0 amide bonds. The third kappa shape index (κ3) is 3.15. The Hall–Kier alpha value is -5.73. The monoisotopic (exact) mass is 544 g/mol. The molecule has 8 aromatic carbocycles. The Balaban J connectivity index is 1.32. The van der Waals surface area contributed by atoms with E-state index in [4.69, 9.17) is 4.98 Å². The minimum absolute atomic E-state index is 0.958. The van der Waals surface area contributed by atoms with Crippen LogP contribution in [0, 0.1) is 0 Å². The molecule has 0 bridgehead atoms. The topological polar surface area (TPSA) is 17.3 Å². The van der Waals surface area contributed by atoms with Crippen molar-refractivity contribution in [1.82, 2.24) is 9.38 Å². The van der Waals surface area contributed by atoms with Gasteiger partial charge in [0.25, 0.3) is 0 Å². The molecule has 0 N–H and O–H groups in total. The molecular weight excluding hydrogens is 520 g/mol. The normalized spacial score (nSPS) is 12.2. The lowest BCUT2D eigenvalue weighted by atomic mass is 9.85. The van der Waals surface area contributed by atoms with Crippen molar-refractivity contribution in [3.8, 4) is 22.4 Å². The number of fused-ring (bicyclic) bond motifs is 3. The van der Waals surface area contributed by atoms with Crippen LogP contribution in [0.1, 0.15) is 0 Å². The summed E-state index contributed by atoms with van der Waals surface area (Å²) >= 11 is 0. The van der Waals surface area contributed by atoms with Gasteiger partial charge in [-0.05, 0) is 94.0 Å². The summed E-state index contributed by atoms with van der Waals surface area (Å²) in [5.41, 5.74) is 5.52. The molecular formula is C41H24N2. The van der Waals surface area contributed by atoms with Crippen molar-refractivity contribution in [2.45, 2.75) is 0 Å². The highest BCUT2D eigenvalue weighted by atomic mass is 15.0. The fraction of sp³-hybridized carbons (Fsp3) is 0. The summed E-state index contributed by atoms with van der Waals surface area (Å²) in [4.78, 5) is 4.84. The molecule has 2 aromatic heterocycles. The lowest BCUT2D eigenvalue weighted by Crippen LogP contribution is -1.90. The molecule has 0 saturated carbocycles. The van der Waals surface area contributed by atoms with Crippen LogP contribution in [0.2, 0.25) is 0 Å². The SMILES string of the molecule is c1cc2ccc3cccc4c5cccc6c(-c7ccc(-c8cn9ccccc9n8)cc7)cc7cccc(c(c1)c2c34)c7c65. The van der Waals surface area contributed by atoms with E-state index >= 15 is 0 Å². The quantitative estimate of drug-likeness (QED) is 0.198. The molecule has 0 spiro atoms. The first-order valence-electron chi connectivity index (χ1n) is 14.8. The summed E-state index contributed by atoms with van der Waals surface area (Å²) in [6.45, 7) is 0. The zero-order valence-electron chi connectivity index (χ0n) is 23.3. The predicted molar refractivity (Wildman–Crippen MR) is 182 cm³/mol. The van der Waals surface area contributed by atoms with E-state index in [0.717, 1.165) is 16.9 Å². The summed E-state index contributed by atoms with van der Waals surface area (Å²) in [6, 6.07) is 49.1. The van der Waals surface area contributed by atoms with Gasteiger partial charge >= 0.3 is 0 Å². The molecule has 10 aromatic rings. The van der Waals surface area contributed by atoms with Crippen LogP contribution in [0.3, 0.4) is 0 Å². The van der Waals surface area contributed by atoms with Crippen LogP contribution < -0.4 is 0 Å². The van der Waals surface area contributed by atoms with Crippen LogP contribution in [0.4, 0.5) is 0 Å². The molecule has 10 rings (SSSR count). The summed E-state index contributed by atoms with van der Waals surface area (Å²) in [5.74, 6) is 0. The molecule has 0 aliphatic carbocycles. The molecule has 2 heteroatoms. The van der Waals surface area contributed by atoms with Gasteiger partial charge in [0.15, 0.2) is 0 Å². The Morgan fingerprint density at radius 2 is 0.977 bits per heavy atom. The van der Waals surface area contributed by atoms with Crippen molar-refractivity contribution in [3.05, 3.63) is 146 Å². The molecule has 2 heterocycles. The second-order valence-electron chi connectivity index (χ2n) is 11.6. The number of imidazole rings is 1. The molecule has 0 saturated heterocycles. The van der Waals surface area contributed by atoms with Crippen molar-refractivity contribution < 1.29 is 0 Å². The zero-order valence-corrected chi connectivity index (χ0v) is 23.3. The third-order valence-electron chi connectivity index (χ3n) is 9.32. The highest BCUT2D eigenvalue weighted by Gasteiger charge is 2.17. The van der Waals surface area contributed by atoms with E-state index in [0.29, 0.717) is 0 Å². The van der Waals surface area contributed by atoms with E-state index in [1.807, 2.05) is 24.4 Å². The summed E-state index contributed by atoms with van der Waals surface area (Å²) < 4.78 is 2.07. The van der Waals surface area contributed by atoms with Gasteiger partial charge in [0.1, 0.15) is 5.65 Å². The Morgan fingerprint density at radius 3 is 1.65 bits per heavy atom. The van der Waals surface area contributed by atoms with Gasteiger partial charge in [0.05, 0.1) is 5.69 Å². The highest BCUT2D eigenvalue weighted by molar-refractivity contribution is 6.37. The van der Waals surface area contributed by atoms with Crippen LogP contribution in [-0.4, -0.2) is 9.38 Å². The molecule has 0 aliphatic heterocycles. The van der Waals surface area contributed by atoms with Gasteiger partial charge in [-0.1, -0.05) is 115 Å². The second-order valence-corrected chi connectivity index (χ2v) is 11.6. The first-order valence-corrected chi connectivity index (χ1v) is 14.8. The van der Waals surface area contributed by atoms with E-state index in [1.165, 1.54) is 75.8 Å². The number of rotatable bonds is 2. The molecule has 0 aliphatic rings. The van der Waals surface area contributed by atoms with Crippen LogP contribution in [0.15, 0.2) is 146 Å². The Morgan fingerprint density at radius 1 is 0.419 bits per heavy atom. The smallest absolute Gasteiger partial charge is 0.137 e. The third-order valence-corrected chi connectivity index (χ3v) is 9.32. The fourth-order valence-corrected chi connectivity index (χ4v) is 7.44. The average Bonchev–Trinajstić information content (AvgIpc) is 3.51. The van der Waals surface area contributed by atoms with E-state index in [1.54, 1.807) is 0 Å². The number of nitrogens with zero attached hydrogens (tertiary/aromatic N) is 2. The maximum absolute atomic E-state index is 4.84. The number of pyridine rings is 1. The molecule has 0 fully saturated rings. The number of benzene rings is 7. The molecule has 0 atom stereocenters. The van der Waals surface area contributed by atoms with Crippen molar-refractivity contribution in [2.24, 2.45) is 0 Å². The first-order chi connectivity index (χ1) is 21.3. The maximum atomic E-state index is 4.84. The minimum atomic E-state index is 0.958. The van der Waals surface area contributed by atoms with Crippen molar-refractivity contribution in [1.29, 1.82) is 0 Å². The van der Waals surface area contributed by atoms with Gasteiger partial charge in [-0.15, -0.1) is 0 Å². The molecule has 2 nitrogen and oxygen atoms in total. The predicted octanol–water partition coefficient (Wildman–Crippen LogP) is 11.0. The van der Waals surface area contributed by atoms with Gasteiger partial charge in [-0.25, -0.2) is 4.98 Å². The van der Waals surface area contributed by atoms with E-state index in [-0.39, 0.29) is 0 Å². The zero-order chi connectivity index (χ0) is 28.1. The van der Waals surface area contributed by atoms with Crippen LogP contribution in [0.25, 0.3) is 92.7 Å². The summed E-state index contributed by atoms with van der Waals surface area (Å²) in [7, 11) is 0. The van der Waals surface area contributed by atoms with Crippen molar-refractivity contribution in [3.63, 3.8) is 0 Å². The summed E-state index contributed by atoms with van der Waals surface area (Å²) in [5, 5.41) is 15.7. The van der Waals surface area contributed by atoms with Crippen molar-refractivity contribution in [2.75, 3.05) is 0 Å². The first kappa shape index (κ1) is 22.9. The number of hydrogen-bond acceptors (Lipinski definition) is 1. The number of hydrogen-bond donors (Lipinski definition) is 0. The van der Waals surface area contributed by atoms with Crippen LogP contribution >= 0.6 is 0 Å². The Labute approximate surface area is 247 Å². The average molecular weight is 545 g/mol. The van der Waals surface area contributed by atoms with Gasteiger partial charge in [-0.3, -0.25) is 0 Å². The van der Waals surface area contributed by atoms with Crippen LogP contribution in [0.5, 0.6) is 0 Å². The molecule has 198 valence electrons. The van der Waals surface area contributed by atoms with Gasteiger partial charge < -0.3 is 4.40 Å². The minimum Gasteiger partial charge on any atom is -0.306 e. The lowest BCUT2D eigenvalue weighted by molar-refractivity contribution is 1.19. The number of aromatic nitrogens is 2.